The molecule has 0 unspecified atom stereocenters. The van der Waals surface area contributed by atoms with E-state index >= 15 is 0 Å². The molecule has 2 fully saturated rings. The van der Waals surface area contributed by atoms with Crippen LogP contribution in [0.5, 0.6) is 0 Å². The Morgan fingerprint density at radius 3 is 2.63 bits per heavy atom. The first-order valence-corrected chi connectivity index (χ1v) is 9.33. The van der Waals surface area contributed by atoms with Crippen molar-refractivity contribution in [2.75, 3.05) is 6.61 Å². The lowest BCUT2D eigenvalue weighted by Crippen LogP contribution is -2.66. The van der Waals surface area contributed by atoms with Crippen LogP contribution in [0.3, 0.4) is 0 Å². The molecule has 0 spiro atoms. The molecule has 1 saturated carbocycles. The number of nitriles is 1. The Labute approximate surface area is 157 Å². The van der Waals surface area contributed by atoms with Crippen LogP contribution >= 0.6 is 0 Å². The standard InChI is InChI=1S/C22H21FN2O2/c23-16-8-4-7-15(11-16)17-9-1-2-10-18(17)21-19(12-24)25(20(21)13-26)22(27)14-5-3-6-14/h1-2,4,7-11,14,19-21,26H,3,5-6,13H2/t19-,20-,21-/m1/s1. The highest BCUT2D eigenvalue weighted by Crippen LogP contribution is 2.46. The van der Waals surface area contributed by atoms with E-state index < -0.39 is 12.1 Å². The normalized spacial score (nSPS) is 24.6. The number of rotatable bonds is 4. The van der Waals surface area contributed by atoms with Crippen molar-refractivity contribution in [1.29, 1.82) is 5.26 Å². The summed E-state index contributed by atoms with van der Waals surface area (Å²) in [4.78, 5) is 14.3. The molecule has 4 nitrogen and oxygen atoms in total. The van der Waals surface area contributed by atoms with Crippen molar-refractivity contribution >= 4 is 5.91 Å². The second kappa shape index (κ2) is 7.13. The van der Waals surface area contributed by atoms with Gasteiger partial charge >= 0.3 is 0 Å². The average Bonchev–Trinajstić information content (AvgIpc) is 2.60. The van der Waals surface area contributed by atoms with Crippen molar-refractivity contribution in [3.63, 3.8) is 0 Å². The van der Waals surface area contributed by atoms with Crippen LogP contribution in [0.25, 0.3) is 11.1 Å². The number of halogens is 1. The van der Waals surface area contributed by atoms with E-state index in [2.05, 4.69) is 6.07 Å². The Bertz CT molecular complexity index is 903. The molecule has 3 atom stereocenters. The third kappa shape index (κ3) is 2.90. The van der Waals surface area contributed by atoms with Crippen molar-refractivity contribution < 1.29 is 14.3 Å². The summed E-state index contributed by atoms with van der Waals surface area (Å²) in [6, 6.07) is 15.1. The van der Waals surface area contributed by atoms with Gasteiger partial charge < -0.3 is 10.0 Å². The largest absolute Gasteiger partial charge is 0.394 e. The van der Waals surface area contributed by atoms with E-state index in [1.807, 2.05) is 30.3 Å². The van der Waals surface area contributed by atoms with E-state index in [1.54, 1.807) is 11.0 Å². The molecule has 1 aliphatic heterocycles. The third-order valence-electron chi connectivity index (χ3n) is 5.90. The number of carbonyl (C=O) groups excluding carboxylic acids is 1. The molecule has 2 aromatic carbocycles. The molecule has 27 heavy (non-hydrogen) atoms. The fourth-order valence-corrected chi connectivity index (χ4v) is 4.26. The van der Waals surface area contributed by atoms with Gasteiger partial charge in [-0.2, -0.15) is 5.26 Å². The highest BCUT2D eigenvalue weighted by Gasteiger charge is 2.53. The quantitative estimate of drug-likeness (QED) is 0.903. The molecule has 1 N–H and O–H groups in total. The average molecular weight is 364 g/mol. The van der Waals surface area contributed by atoms with Gasteiger partial charge in [-0.25, -0.2) is 4.39 Å². The van der Waals surface area contributed by atoms with Gasteiger partial charge in [0.1, 0.15) is 11.9 Å². The highest BCUT2D eigenvalue weighted by atomic mass is 19.1. The second-order valence-electron chi connectivity index (χ2n) is 7.32. The molecule has 4 rings (SSSR count). The molecule has 1 heterocycles. The summed E-state index contributed by atoms with van der Waals surface area (Å²) in [5, 5.41) is 19.7. The number of nitrogens with zero attached hydrogens (tertiary/aromatic N) is 2. The summed E-state index contributed by atoms with van der Waals surface area (Å²) in [6.45, 7) is -0.196. The summed E-state index contributed by atoms with van der Waals surface area (Å²) in [5.41, 5.74) is 2.42. The fraction of sp³-hybridized carbons (Fsp3) is 0.364. The fourth-order valence-electron chi connectivity index (χ4n) is 4.26. The van der Waals surface area contributed by atoms with Gasteiger partial charge in [0.25, 0.3) is 0 Å². The van der Waals surface area contributed by atoms with E-state index in [-0.39, 0.29) is 30.2 Å². The van der Waals surface area contributed by atoms with Gasteiger partial charge in [0.2, 0.25) is 5.91 Å². The lowest BCUT2D eigenvalue weighted by atomic mass is 9.71. The molecule has 2 aromatic rings. The molecule has 1 saturated heterocycles. The number of amides is 1. The molecule has 0 radical (unpaired) electrons. The van der Waals surface area contributed by atoms with E-state index in [1.165, 1.54) is 12.1 Å². The van der Waals surface area contributed by atoms with Crippen LogP contribution in [-0.2, 0) is 4.79 Å². The van der Waals surface area contributed by atoms with Crippen LogP contribution in [0, 0.1) is 23.1 Å². The van der Waals surface area contributed by atoms with Crippen LogP contribution in [0.4, 0.5) is 4.39 Å². The minimum absolute atomic E-state index is 0.0192. The number of aliphatic hydroxyl groups is 1. The first-order valence-electron chi connectivity index (χ1n) is 9.33. The van der Waals surface area contributed by atoms with Crippen molar-refractivity contribution in [3.05, 3.63) is 59.9 Å². The Hall–Kier alpha value is -2.71. The Morgan fingerprint density at radius 1 is 1.22 bits per heavy atom. The number of likely N-dealkylation sites (tertiary alicyclic amines) is 1. The van der Waals surface area contributed by atoms with Gasteiger partial charge in [0, 0.05) is 11.8 Å². The van der Waals surface area contributed by atoms with E-state index in [0.717, 1.165) is 36.0 Å². The predicted octanol–water partition coefficient (Wildman–Crippen LogP) is 3.47. The maximum atomic E-state index is 13.7. The summed E-state index contributed by atoms with van der Waals surface area (Å²) in [6.07, 6.45) is 2.75. The monoisotopic (exact) mass is 364 g/mol. The minimum atomic E-state index is -0.607. The zero-order valence-corrected chi connectivity index (χ0v) is 14.9. The molecule has 138 valence electrons. The molecule has 1 aliphatic carbocycles. The summed E-state index contributed by atoms with van der Waals surface area (Å²) < 4.78 is 13.7. The first-order chi connectivity index (χ1) is 13.2. The maximum absolute atomic E-state index is 13.7. The van der Waals surface area contributed by atoms with Gasteiger partial charge in [-0.05, 0) is 41.7 Å². The zero-order chi connectivity index (χ0) is 19.0. The Morgan fingerprint density at radius 2 is 2.00 bits per heavy atom. The molecule has 0 bridgehead atoms. The predicted molar refractivity (Wildman–Crippen MR) is 99.0 cm³/mol. The maximum Gasteiger partial charge on any atom is 0.227 e. The molecular weight excluding hydrogens is 343 g/mol. The Balaban J connectivity index is 1.71. The lowest BCUT2D eigenvalue weighted by molar-refractivity contribution is -0.154. The Kier molecular flexibility index (Phi) is 4.67. The highest BCUT2D eigenvalue weighted by molar-refractivity contribution is 5.83. The smallest absolute Gasteiger partial charge is 0.227 e. The molecule has 1 amide bonds. The number of hydrogen-bond acceptors (Lipinski definition) is 3. The SMILES string of the molecule is N#C[C@@H]1[C@@H](c2ccccc2-c2cccc(F)c2)[C@@H](CO)N1C(=O)C1CCC1. The lowest BCUT2D eigenvalue weighted by Gasteiger charge is -2.53. The zero-order valence-electron chi connectivity index (χ0n) is 14.9. The molecular formula is C22H21FN2O2. The van der Waals surface area contributed by atoms with Gasteiger partial charge in [0.15, 0.2) is 0 Å². The van der Waals surface area contributed by atoms with Crippen LogP contribution in [0.15, 0.2) is 48.5 Å². The summed E-state index contributed by atoms with van der Waals surface area (Å²) in [7, 11) is 0. The van der Waals surface area contributed by atoms with Crippen molar-refractivity contribution in [2.24, 2.45) is 5.92 Å². The van der Waals surface area contributed by atoms with Gasteiger partial charge in [-0.1, -0.05) is 42.8 Å². The van der Waals surface area contributed by atoms with E-state index in [9.17, 15) is 19.6 Å². The molecule has 2 aliphatic rings. The van der Waals surface area contributed by atoms with E-state index in [4.69, 9.17) is 0 Å². The molecule has 5 heteroatoms. The molecule has 0 aromatic heterocycles. The summed E-state index contributed by atoms with van der Waals surface area (Å²) >= 11 is 0. The summed E-state index contributed by atoms with van der Waals surface area (Å²) in [5.74, 6) is -0.655. The van der Waals surface area contributed by atoms with Crippen LogP contribution < -0.4 is 0 Å². The van der Waals surface area contributed by atoms with Crippen molar-refractivity contribution in [1.82, 2.24) is 4.90 Å². The number of aliphatic hydroxyl groups excluding tert-OH is 1. The van der Waals surface area contributed by atoms with E-state index in [0.29, 0.717) is 0 Å². The number of benzene rings is 2. The second-order valence-corrected chi connectivity index (χ2v) is 7.32. The van der Waals surface area contributed by atoms with Gasteiger partial charge in [0.05, 0.1) is 18.7 Å². The van der Waals surface area contributed by atoms with Crippen LogP contribution in [0.1, 0.15) is 30.7 Å². The number of hydrogen-bond donors (Lipinski definition) is 1. The first kappa shape index (κ1) is 17.7. The third-order valence-corrected chi connectivity index (χ3v) is 5.90. The van der Waals surface area contributed by atoms with Gasteiger partial charge in [-0.3, -0.25) is 4.79 Å². The number of carbonyl (C=O) groups is 1. The van der Waals surface area contributed by atoms with Crippen molar-refractivity contribution in [3.8, 4) is 17.2 Å². The van der Waals surface area contributed by atoms with Gasteiger partial charge in [-0.15, -0.1) is 0 Å². The minimum Gasteiger partial charge on any atom is -0.394 e. The van der Waals surface area contributed by atoms with Crippen LogP contribution in [0.2, 0.25) is 0 Å². The van der Waals surface area contributed by atoms with Crippen molar-refractivity contribution in [2.45, 2.75) is 37.3 Å². The van der Waals surface area contributed by atoms with Crippen LogP contribution in [-0.4, -0.2) is 34.6 Å². The topological polar surface area (TPSA) is 64.3 Å².